The van der Waals surface area contributed by atoms with Gasteiger partial charge in [0, 0.05) is 6.54 Å². The molecule has 0 amide bonds. The van der Waals surface area contributed by atoms with Gasteiger partial charge in [-0.05, 0) is 36.5 Å². The molecule has 0 fully saturated rings. The number of hydrogen-bond donors (Lipinski definition) is 1. The SMILES string of the molecule is Cl.NCCOc1cccc2c1CCC2. The average molecular weight is 214 g/mol. The Morgan fingerprint density at radius 1 is 1.29 bits per heavy atom. The quantitative estimate of drug-likeness (QED) is 0.833. The van der Waals surface area contributed by atoms with Gasteiger partial charge in [0.05, 0.1) is 0 Å². The highest BCUT2D eigenvalue weighted by atomic mass is 35.5. The van der Waals surface area contributed by atoms with Crippen LogP contribution in [0.2, 0.25) is 0 Å². The lowest BCUT2D eigenvalue weighted by molar-refractivity contribution is 0.325. The van der Waals surface area contributed by atoms with Crippen molar-refractivity contribution in [3.8, 4) is 5.75 Å². The average Bonchev–Trinajstić information content (AvgIpc) is 2.62. The van der Waals surface area contributed by atoms with Crippen LogP contribution in [-0.2, 0) is 12.8 Å². The molecule has 0 aliphatic heterocycles. The fourth-order valence-corrected chi connectivity index (χ4v) is 1.89. The molecule has 0 aromatic heterocycles. The first-order valence-electron chi connectivity index (χ1n) is 4.85. The molecule has 2 nitrogen and oxygen atoms in total. The predicted molar refractivity (Wildman–Crippen MR) is 60.3 cm³/mol. The Kier molecular flexibility index (Phi) is 4.23. The molecule has 1 aromatic carbocycles. The maximum Gasteiger partial charge on any atom is 0.122 e. The van der Waals surface area contributed by atoms with Crippen LogP contribution in [-0.4, -0.2) is 13.2 Å². The summed E-state index contributed by atoms with van der Waals surface area (Å²) < 4.78 is 5.57. The van der Waals surface area contributed by atoms with Gasteiger partial charge in [-0.15, -0.1) is 12.4 Å². The highest BCUT2D eigenvalue weighted by molar-refractivity contribution is 5.85. The van der Waals surface area contributed by atoms with Crippen molar-refractivity contribution in [1.29, 1.82) is 0 Å². The van der Waals surface area contributed by atoms with Crippen molar-refractivity contribution in [2.75, 3.05) is 13.2 Å². The molecule has 0 heterocycles. The van der Waals surface area contributed by atoms with Gasteiger partial charge in [-0.2, -0.15) is 0 Å². The van der Waals surface area contributed by atoms with Crippen LogP contribution in [0.15, 0.2) is 18.2 Å². The van der Waals surface area contributed by atoms with E-state index in [-0.39, 0.29) is 12.4 Å². The summed E-state index contributed by atoms with van der Waals surface area (Å²) in [4.78, 5) is 0. The largest absolute Gasteiger partial charge is 0.492 e. The van der Waals surface area contributed by atoms with Crippen LogP contribution in [0.4, 0.5) is 0 Å². The number of ether oxygens (including phenoxy) is 1. The molecule has 0 unspecified atom stereocenters. The summed E-state index contributed by atoms with van der Waals surface area (Å²) in [6, 6.07) is 6.30. The molecule has 0 saturated heterocycles. The van der Waals surface area contributed by atoms with Gasteiger partial charge in [0.25, 0.3) is 0 Å². The molecule has 1 aromatic rings. The minimum atomic E-state index is 0. The monoisotopic (exact) mass is 213 g/mol. The first-order chi connectivity index (χ1) is 6.42. The molecular weight excluding hydrogens is 198 g/mol. The van der Waals surface area contributed by atoms with Crippen LogP contribution in [0.3, 0.4) is 0 Å². The Hall–Kier alpha value is -0.730. The van der Waals surface area contributed by atoms with Gasteiger partial charge in [-0.3, -0.25) is 0 Å². The van der Waals surface area contributed by atoms with E-state index < -0.39 is 0 Å². The summed E-state index contributed by atoms with van der Waals surface area (Å²) in [5.41, 5.74) is 8.25. The molecule has 0 radical (unpaired) electrons. The zero-order valence-corrected chi connectivity index (χ0v) is 8.98. The first kappa shape index (κ1) is 11.3. The van der Waals surface area contributed by atoms with Gasteiger partial charge >= 0.3 is 0 Å². The first-order valence-corrected chi connectivity index (χ1v) is 4.85. The van der Waals surface area contributed by atoms with E-state index in [2.05, 4.69) is 12.1 Å². The van der Waals surface area contributed by atoms with Crippen molar-refractivity contribution in [2.24, 2.45) is 5.73 Å². The standard InChI is InChI=1S/C11H15NO.ClH/c12-7-8-13-11-6-2-4-9-3-1-5-10(9)11;/h2,4,6H,1,3,5,7-8,12H2;1H. The second kappa shape index (κ2) is 5.23. The molecule has 2 rings (SSSR count). The fourth-order valence-electron chi connectivity index (χ4n) is 1.89. The molecule has 0 bridgehead atoms. The summed E-state index contributed by atoms with van der Waals surface area (Å²) in [5.74, 6) is 1.04. The van der Waals surface area contributed by atoms with E-state index in [0.29, 0.717) is 13.2 Å². The second-order valence-electron chi connectivity index (χ2n) is 3.38. The normalized spacial score (nSPS) is 13.2. The number of nitrogens with two attached hydrogens (primary N) is 1. The summed E-state index contributed by atoms with van der Waals surface area (Å²) in [7, 11) is 0. The summed E-state index contributed by atoms with van der Waals surface area (Å²) in [6.07, 6.45) is 3.63. The minimum absolute atomic E-state index is 0. The zero-order valence-electron chi connectivity index (χ0n) is 8.16. The van der Waals surface area contributed by atoms with Crippen molar-refractivity contribution in [3.05, 3.63) is 29.3 Å². The molecule has 0 spiro atoms. The van der Waals surface area contributed by atoms with Crippen molar-refractivity contribution < 1.29 is 4.74 Å². The van der Waals surface area contributed by atoms with Gasteiger partial charge in [0.1, 0.15) is 12.4 Å². The smallest absolute Gasteiger partial charge is 0.122 e. The van der Waals surface area contributed by atoms with E-state index in [1.54, 1.807) is 0 Å². The van der Waals surface area contributed by atoms with E-state index in [9.17, 15) is 0 Å². The third kappa shape index (κ3) is 2.20. The number of benzene rings is 1. The fraction of sp³-hybridized carbons (Fsp3) is 0.455. The number of rotatable bonds is 3. The highest BCUT2D eigenvalue weighted by Gasteiger charge is 2.14. The highest BCUT2D eigenvalue weighted by Crippen LogP contribution is 2.30. The van der Waals surface area contributed by atoms with Crippen LogP contribution >= 0.6 is 12.4 Å². The Morgan fingerprint density at radius 3 is 2.93 bits per heavy atom. The van der Waals surface area contributed by atoms with Gasteiger partial charge in [-0.1, -0.05) is 12.1 Å². The predicted octanol–water partition coefficient (Wildman–Crippen LogP) is 1.93. The van der Waals surface area contributed by atoms with Crippen LogP contribution in [0, 0.1) is 0 Å². The van der Waals surface area contributed by atoms with E-state index >= 15 is 0 Å². The number of fused-ring (bicyclic) bond motifs is 1. The number of halogens is 1. The van der Waals surface area contributed by atoms with Crippen molar-refractivity contribution in [2.45, 2.75) is 19.3 Å². The molecule has 14 heavy (non-hydrogen) atoms. The van der Waals surface area contributed by atoms with Gasteiger partial charge in [-0.25, -0.2) is 0 Å². The summed E-state index contributed by atoms with van der Waals surface area (Å²) >= 11 is 0. The van der Waals surface area contributed by atoms with Crippen LogP contribution in [0.5, 0.6) is 5.75 Å². The number of hydrogen-bond acceptors (Lipinski definition) is 2. The Balaban J connectivity index is 0.000000980. The molecule has 3 heteroatoms. The maximum atomic E-state index is 5.57. The lowest BCUT2D eigenvalue weighted by atomic mass is 10.1. The minimum Gasteiger partial charge on any atom is -0.492 e. The Labute approximate surface area is 90.9 Å². The maximum absolute atomic E-state index is 5.57. The Morgan fingerprint density at radius 2 is 2.14 bits per heavy atom. The molecule has 2 N–H and O–H groups in total. The molecule has 78 valence electrons. The van der Waals surface area contributed by atoms with Crippen molar-refractivity contribution in [3.63, 3.8) is 0 Å². The van der Waals surface area contributed by atoms with E-state index in [4.69, 9.17) is 10.5 Å². The molecular formula is C11H16ClNO. The molecule has 0 saturated carbocycles. The van der Waals surface area contributed by atoms with Gasteiger partial charge in [0.15, 0.2) is 0 Å². The lowest BCUT2D eigenvalue weighted by Crippen LogP contribution is -2.11. The molecule has 1 aliphatic rings. The second-order valence-corrected chi connectivity index (χ2v) is 3.38. The third-order valence-corrected chi connectivity index (χ3v) is 2.48. The topological polar surface area (TPSA) is 35.2 Å². The van der Waals surface area contributed by atoms with E-state index in [0.717, 1.165) is 12.2 Å². The number of aryl methyl sites for hydroxylation is 1. The third-order valence-electron chi connectivity index (χ3n) is 2.48. The van der Waals surface area contributed by atoms with E-state index in [1.165, 1.54) is 24.0 Å². The summed E-state index contributed by atoms with van der Waals surface area (Å²) in [5, 5.41) is 0. The van der Waals surface area contributed by atoms with Crippen molar-refractivity contribution in [1.82, 2.24) is 0 Å². The van der Waals surface area contributed by atoms with Crippen LogP contribution in [0.1, 0.15) is 17.5 Å². The van der Waals surface area contributed by atoms with E-state index in [1.807, 2.05) is 6.07 Å². The summed E-state index contributed by atoms with van der Waals surface area (Å²) in [6.45, 7) is 1.21. The van der Waals surface area contributed by atoms with Crippen LogP contribution in [0.25, 0.3) is 0 Å². The Bertz CT molecular complexity index is 301. The zero-order chi connectivity index (χ0) is 9.10. The van der Waals surface area contributed by atoms with Gasteiger partial charge in [0.2, 0.25) is 0 Å². The molecule has 0 atom stereocenters. The van der Waals surface area contributed by atoms with Crippen LogP contribution < -0.4 is 10.5 Å². The molecule has 1 aliphatic carbocycles. The lowest BCUT2D eigenvalue weighted by Gasteiger charge is -2.09. The van der Waals surface area contributed by atoms with Crippen molar-refractivity contribution >= 4 is 12.4 Å². The van der Waals surface area contributed by atoms with Gasteiger partial charge < -0.3 is 10.5 Å².